The van der Waals surface area contributed by atoms with Gasteiger partial charge in [-0.3, -0.25) is 4.79 Å². The maximum atomic E-state index is 11.9. The number of carbonyl (C=O) groups excluding carboxylic acids is 1. The van der Waals surface area contributed by atoms with E-state index in [0.29, 0.717) is 17.3 Å². The predicted octanol–water partition coefficient (Wildman–Crippen LogP) is 3.23. The zero-order valence-electron chi connectivity index (χ0n) is 13.6. The number of ether oxygens (including phenoxy) is 3. The number of rotatable bonds is 8. The summed E-state index contributed by atoms with van der Waals surface area (Å²) >= 11 is 6.15. The predicted molar refractivity (Wildman–Crippen MR) is 92.7 cm³/mol. The fourth-order valence-electron chi connectivity index (χ4n) is 2.13. The summed E-state index contributed by atoms with van der Waals surface area (Å²) in [6.07, 6.45) is -0.316. The molecule has 0 saturated heterocycles. The Morgan fingerprint density at radius 1 is 1.08 bits per heavy atom. The summed E-state index contributed by atoms with van der Waals surface area (Å²) in [5.41, 5.74) is 0.832. The first-order valence-corrected chi connectivity index (χ1v) is 7.82. The van der Waals surface area contributed by atoms with Crippen molar-refractivity contribution in [3.05, 3.63) is 59.1 Å². The maximum Gasteiger partial charge on any atom is 0.258 e. The van der Waals surface area contributed by atoms with Crippen LogP contribution in [0.3, 0.4) is 0 Å². The van der Waals surface area contributed by atoms with E-state index in [0.717, 1.165) is 11.3 Å². The largest absolute Gasteiger partial charge is 0.497 e. The molecule has 0 aromatic heterocycles. The molecule has 2 aromatic carbocycles. The van der Waals surface area contributed by atoms with E-state index >= 15 is 0 Å². The molecule has 0 heterocycles. The van der Waals surface area contributed by atoms with E-state index in [1.54, 1.807) is 44.6 Å². The maximum absolute atomic E-state index is 11.9. The number of methoxy groups -OCH3 is 2. The normalized spacial score (nSPS) is 11.6. The third-order valence-electron chi connectivity index (χ3n) is 3.45. The molecule has 0 aliphatic rings. The Hall–Kier alpha value is -2.24. The molecule has 1 N–H and O–H groups in total. The van der Waals surface area contributed by atoms with Gasteiger partial charge in [0.25, 0.3) is 5.91 Å². The van der Waals surface area contributed by atoms with Gasteiger partial charge in [-0.25, -0.2) is 0 Å². The van der Waals surface area contributed by atoms with Crippen LogP contribution in [0.1, 0.15) is 11.7 Å². The number of hydrogen-bond acceptors (Lipinski definition) is 4. The topological polar surface area (TPSA) is 56.8 Å². The second kappa shape index (κ2) is 9.15. The molecule has 0 radical (unpaired) electrons. The molecule has 6 heteroatoms. The second-order valence-corrected chi connectivity index (χ2v) is 5.42. The third kappa shape index (κ3) is 5.15. The average molecular weight is 350 g/mol. The SMILES string of the molecule is COc1ccc(OCC(=O)NCC(OC)c2ccccc2Cl)cc1. The van der Waals surface area contributed by atoms with Crippen molar-refractivity contribution in [2.24, 2.45) is 0 Å². The van der Waals surface area contributed by atoms with E-state index < -0.39 is 0 Å². The van der Waals surface area contributed by atoms with Gasteiger partial charge in [0.05, 0.1) is 7.11 Å². The van der Waals surface area contributed by atoms with Gasteiger partial charge in [-0.2, -0.15) is 0 Å². The van der Waals surface area contributed by atoms with Gasteiger partial charge in [0.2, 0.25) is 0 Å². The molecule has 0 saturated carbocycles. The molecule has 24 heavy (non-hydrogen) atoms. The number of amides is 1. The lowest BCUT2D eigenvalue weighted by atomic mass is 10.1. The highest BCUT2D eigenvalue weighted by atomic mass is 35.5. The highest BCUT2D eigenvalue weighted by Gasteiger charge is 2.15. The molecule has 2 aromatic rings. The van der Waals surface area contributed by atoms with Gasteiger partial charge in [0.1, 0.15) is 17.6 Å². The van der Waals surface area contributed by atoms with Gasteiger partial charge < -0.3 is 19.5 Å². The average Bonchev–Trinajstić information content (AvgIpc) is 2.62. The molecule has 0 aliphatic carbocycles. The van der Waals surface area contributed by atoms with Crippen LogP contribution in [0.2, 0.25) is 5.02 Å². The first-order valence-electron chi connectivity index (χ1n) is 7.44. The quantitative estimate of drug-likeness (QED) is 0.795. The van der Waals surface area contributed by atoms with Gasteiger partial charge in [-0.15, -0.1) is 0 Å². The molecule has 5 nitrogen and oxygen atoms in total. The van der Waals surface area contributed by atoms with Crippen molar-refractivity contribution < 1.29 is 19.0 Å². The highest BCUT2D eigenvalue weighted by Crippen LogP contribution is 2.24. The molecule has 1 atom stereocenters. The Morgan fingerprint density at radius 2 is 1.75 bits per heavy atom. The van der Waals surface area contributed by atoms with Crippen LogP contribution in [0.5, 0.6) is 11.5 Å². The molecule has 0 spiro atoms. The van der Waals surface area contributed by atoms with Crippen LogP contribution in [-0.4, -0.2) is 33.3 Å². The van der Waals surface area contributed by atoms with Crippen LogP contribution in [0.15, 0.2) is 48.5 Å². The fourth-order valence-corrected chi connectivity index (χ4v) is 2.39. The second-order valence-electron chi connectivity index (χ2n) is 5.01. The minimum Gasteiger partial charge on any atom is -0.497 e. The minimum atomic E-state index is -0.316. The van der Waals surface area contributed by atoms with Gasteiger partial charge in [-0.05, 0) is 30.3 Å². The standard InChI is InChI=1S/C18H20ClNO4/c1-22-13-7-9-14(10-8-13)24-12-18(21)20-11-17(23-2)15-5-3-4-6-16(15)19/h3-10,17H,11-12H2,1-2H3,(H,20,21). The molecule has 1 amide bonds. The van der Waals surface area contributed by atoms with E-state index in [-0.39, 0.29) is 18.6 Å². The van der Waals surface area contributed by atoms with E-state index in [4.69, 9.17) is 25.8 Å². The first kappa shape index (κ1) is 18.1. The highest BCUT2D eigenvalue weighted by molar-refractivity contribution is 6.31. The van der Waals surface area contributed by atoms with Gasteiger partial charge in [-0.1, -0.05) is 29.8 Å². The monoisotopic (exact) mass is 349 g/mol. The Kier molecular flexibility index (Phi) is 6.90. The van der Waals surface area contributed by atoms with Crippen molar-refractivity contribution >= 4 is 17.5 Å². The van der Waals surface area contributed by atoms with Crippen LogP contribution >= 0.6 is 11.6 Å². The summed E-state index contributed by atoms with van der Waals surface area (Å²) in [5, 5.41) is 3.38. The van der Waals surface area contributed by atoms with Crippen molar-refractivity contribution in [3.8, 4) is 11.5 Å². The van der Waals surface area contributed by atoms with Gasteiger partial charge in [0, 0.05) is 24.2 Å². The zero-order chi connectivity index (χ0) is 17.4. The molecular formula is C18H20ClNO4. The molecule has 0 fully saturated rings. The smallest absolute Gasteiger partial charge is 0.258 e. The van der Waals surface area contributed by atoms with Gasteiger partial charge in [0.15, 0.2) is 6.61 Å². The lowest BCUT2D eigenvalue weighted by Gasteiger charge is -2.17. The molecule has 0 bridgehead atoms. The van der Waals surface area contributed by atoms with Crippen molar-refractivity contribution in [2.75, 3.05) is 27.4 Å². The number of hydrogen-bond donors (Lipinski definition) is 1. The number of benzene rings is 2. The van der Waals surface area contributed by atoms with E-state index in [2.05, 4.69) is 5.32 Å². The van der Waals surface area contributed by atoms with Crippen LogP contribution in [0.25, 0.3) is 0 Å². The van der Waals surface area contributed by atoms with Crippen LogP contribution in [-0.2, 0) is 9.53 Å². The van der Waals surface area contributed by atoms with Gasteiger partial charge >= 0.3 is 0 Å². The van der Waals surface area contributed by atoms with Crippen molar-refractivity contribution in [1.82, 2.24) is 5.32 Å². The lowest BCUT2D eigenvalue weighted by Crippen LogP contribution is -2.33. The van der Waals surface area contributed by atoms with E-state index in [1.807, 2.05) is 18.2 Å². The van der Waals surface area contributed by atoms with Crippen molar-refractivity contribution in [3.63, 3.8) is 0 Å². The van der Waals surface area contributed by atoms with Crippen LogP contribution in [0.4, 0.5) is 0 Å². The van der Waals surface area contributed by atoms with Crippen LogP contribution < -0.4 is 14.8 Å². The number of nitrogens with one attached hydrogen (secondary N) is 1. The summed E-state index contributed by atoms with van der Waals surface area (Å²) in [6.45, 7) is 0.232. The first-order chi connectivity index (χ1) is 11.6. The van der Waals surface area contributed by atoms with E-state index in [9.17, 15) is 4.79 Å². The summed E-state index contributed by atoms with van der Waals surface area (Å²) in [6, 6.07) is 14.4. The van der Waals surface area contributed by atoms with Crippen molar-refractivity contribution in [2.45, 2.75) is 6.10 Å². The summed E-state index contributed by atoms with van der Waals surface area (Å²) in [5.74, 6) is 1.09. The molecule has 2 rings (SSSR count). The minimum absolute atomic E-state index is 0.0781. The molecule has 0 aliphatic heterocycles. The molecule has 1 unspecified atom stereocenters. The molecular weight excluding hydrogens is 330 g/mol. The Labute approximate surface area is 146 Å². The summed E-state index contributed by atoms with van der Waals surface area (Å²) in [4.78, 5) is 11.9. The Morgan fingerprint density at radius 3 is 2.38 bits per heavy atom. The summed E-state index contributed by atoms with van der Waals surface area (Å²) < 4.78 is 15.9. The molecule has 128 valence electrons. The van der Waals surface area contributed by atoms with Crippen molar-refractivity contribution in [1.29, 1.82) is 0 Å². The third-order valence-corrected chi connectivity index (χ3v) is 3.79. The number of carbonyl (C=O) groups is 1. The van der Waals surface area contributed by atoms with Crippen LogP contribution in [0, 0.1) is 0 Å². The number of halogens is 1. The lowest BCUT2D eigenvalue weighted by molar-refractivity contribution is -0.123. The Bertz CT molecular complexity index is 660. The fraction of sp³-hybridized carbons (Fsp3) is 0.278. The van der Waals surface area contributed by atoms with E-state index in [1.165, 1.54) is 0 Å². The zero-order valence-corrected chi connectivity index (χ0v) is 14.4. The summed E-state index contributed by atoms with van der Waals surface area (Å²) in [7, 11) is 3.17. The Balaban J connectivity index is 1.82.